The van der Waals surface area contributed by atoms with Crippen LogP contribution in [0.5, 0.6) is 0 Å². The lowest BCUT2D eigenvalue weighted by molar-refractivity contribution is -0.179. The Balaban J connectivity index is 1.56. The van der Waals surface area contributed by atoms with Gasteiger partial charge in [-0.25, -0.2) is 0 Å². The lowest BCUT2D eigenvalue weighted by Gasteiger charge is -2.37. The Bertz CT molecular complexity index is 458. The van der Waals surface area contributed by atoms with Crippen LogP contribution in [0.2, 0.25) is 0 Å². The topological polar surface area (TPSA) is 50.7 Å². The van der Waals surface area contributed by atoms with E-state index in [4.69, 9.17) is 9.47 Å². The van der Waals surface area contributed by atoms with Crippen molar-refractivity contribution in [3.8, 4) is 0 Å². The zero-order chi connectivity index (χ0) is 15.4. The molecule has 0 aromatic heterocycles. The Morgan fingerprint density at radius 2 is 1.82 bits per heavy atom. The highest BCUT2D eigenvalue weighted by Gasteiger charge is 2.40. The van der Waals surface area contributed by atoms with E-state index in [0.717, 1.165) is 50.9 Å². The molecule has 1 atom stereocenters. The van der Waals surface area contributed by atoms with Gasteiger partial charge in [0.05, 0.1) is 25.9 Å². The maximum atomic E-state index is 9.73. The summed E-state index contributed by atoms with van der Waals surface area (Å²) >= 11 is 0. The summed E-state index contributed by atoms with van der Waals surface area (Å²) in [6.45, 7) is 3.73. The standard InChI is InChI=1S/C18H27NO3/c1-2-14-3-5-15(6-4-14)17(13-20)19-16-7-9-18(10-8-16)21-11-12-22-18/h3-6,16-17,19-20H,2,7-13H2,1H3. The number of nitrogens with one attached hydrogen (secondary N) is 1. The number of aliphatic hydroxyl groups is 1. The van der Waals surface area contributed by atoms with Crippen molar-refractivity contribution in [1.29, 1.82) is 0 Å². The van der Waals surface area contributed by atoms with E-state index in [1.807, 2.05) is 0 Å². The molecular formula is C18H27NO3. The van der Waals surface area contributed by atoms with Crippen molar-refractivity contribution in [1.82, 2.24) is 5.32 Å². The SMILES string of the molecule is CCc1ccc(C(CO)NC2CCC3(CC2)OCCO3)cc1. The van der Waals surface area contributed by atoms with Gasteiger partial charge in [-0.1, -0.05) is 31.2 Å². The summed E-state index contributed by atoms with van der Waals surface area (Å²) < 4.78 is 11.5. The number of aliphatic hydroxyl groups excluding tert-OH is 1. The minimum Gasteiger partial charge on any atom is -0.394 e. The predicted octanol–water partition coefficient (Wildman–Crippen LogP) is 2.56. The predicted molar refractivity (Wildman–Crippen MR) is 85.7 cm³/mol. The number of hydrogen-bond acceptors (Lipinski definition) is 4. The highest BCUT2D eigenvalue weighted by molar-refractivity contribution is 5.25. The van der Waals surface area contributed by atoms with Crippen LogP contribution in [0.25, 0.3) is 0 Å². The third-order valence-electron chi connectivity index (χ3n) is 4.97. The molecule has 1 spiro atoms. The molecule has 1 unspecified atom stereocenters. The summed E-state index contributed by atoms with van der Waals surface area (Å²) in [7, 11) is 0. The Kier molecular flexibility index (Phi) is 5.14. The van der Waals surface area contributed by atoms with Crippen molar-refractivity contribution in [3.63, 3.8) is 0 Å². The normalized spacial score (nSPS) is 23.0. The first-order valence-electron chi connectivity index (χ1n) is 8.48. The van der Waals surface area contributed by atoms with Gasteiger partial charge >= 0.3 is 0 Å². The van der Waals surface area contributed by atoms with Gasteiger partial charge in [-0.15, -0.1) is 0 Å². The molecule has 3 rings (SSSR count). The van der Waals surface area contributed by atoms with E-state index in [9.17, 15) is 5.11 Å². The van der Waals surface area contributed by atoms with Crippen LogP contribution in [-0.4, -0.2) is 36.8 Å². The van der Waals surface area contributed by atoms with Crippen molar-refractivity contribution in [2.45, 2.75) is 56.9 Å². The Morgan fingerprint density at radius 3 is 2.36 bits per heavy atom. The second kappa shape index (κ2) is 7.09. The van der Waals surface area contributed by atoms with Gasteiger partial charge in [-0.2, -0.15) is 0 Å². The van der Waals surface area contributed by atoms with Crippen LogP contribution >= 0.6 is 0 Å². The largest absolute Gasteiger partial charge is 0.394 e. The van der Waals surface area contributed by atoms with Crippen LogP contribution in [0.15, 0.2) is 24.3 Å². The fourth-order valence-electron chi connectivity index (χ4n) is 3.53. The molecule has 22 heavy (non-hydrogen) atoms. The molecule has 1 aromatic carbocycles. The molecule has 1 aliphatic heterocycles. The van der Waals surface area contributed by atoms with Gasteiger partial charge in [0.1, 0.15) is 0 Å². The molecule has 0 radical (unpaired) electrons. The molecule has 1 aliphatic carbocycles. The third-order valence-corrected chi connectivity index (χ3v) is 4.97. The summed E-state index contributed by atoms with van der Waals surface area (Å²) in [6, 6.07) is 8.98. The zero-order valence-corrected chi connectivity index (χ0v) is 13.4. The second-order valence-corrected chi connectivity index (χ2v) is 6.38. The molecule has 4 heteroatoms. The monoisotopic (exact) mass is 305 g/mol. The molecule has 0 amide bonds. The number of aryl methyl sites for hydroxylation is 1. The van der Waals surface area contributed by atoms with Crippen molar-refractivity contribution in [2.24, 2.45) is 0 Å². The van der Waals surface area contributed by atoms with Gasteiger partial charge in [0.2, 0.25) is 0 Å². The van der Waals surface area contributed by atoms with Gasteiger partial charge in [0, 0.05) is 18.9 Å². The number of rotatable bonds is 5. The minimum absolute atomic E-state index is 0.00960. The zero-order valence-electron chi connectivity index (χ0n) is 13.4. The van der Waals surface area contributed by atoms with Gasteiger partial charge < -0.3 is 19.9 Å². The fourth-order valence-corrected chi connectivity index (χ4v) is 3.53. The Hall–Kier alpha value is -0.940. The third kappa shape index (κ3) is 3.51. The van der Waals surface area contributed by atoms with Gasteiger partial charge in [-0.3, -0.25) is 0 Å². The molecular weight excluding hydrogens is 278 g/mol. The molecule has 2 N–H and O–H groups in total. The Morgan fingerprint density at radius 1 is 1.18 bits per heavy atom. The van der Waals surface area contributed by atoms with E-state index in [1.54, 1.807) is 0 Å². The molecule has 0 bridgehead atoms. The molecule has 1 aromatic rings. The fraction of sp³-hybridized carbons (Fsp3) is 0.667. The van der Waals surface area contributed by atoms with E-state index >= 15 is 0 Å². The van der Waals surface area contributed by atoms with E-state index in [0.29, 0.717) is 6.04 Å². The summed E-state index contributed by atoms with van der Waals surface area (Å²) in [6.07, 6.45) is 4.99. The van der Waals surface area contributed by atoms with Crippen LogP contribution in [0.1, 0.15) is 49.8 Å². The van der Waals surface area contributed by atoms with Crippen molar-refractivity contribution >= 4 is 0 Å². The van der Waals surface area contributed by atoms with E-state index < -0.39 is 0 Å². The highest BCUT2D eigenvalue weighted by atomic mass is 16.7. The molecule has 1 heterocycles. The van der Waals surface area contributed by atoms with Crippen molar-refractivity contribution in [2.75, 3.05) is 19.8 Å². The van der Waals surface area contributed by atoms with Crippen LogP contribution in [0, 0.1) is 0 Å². The average molecular weight is 305 g/mol. The first-order chi connectivity index (χ1) is 10.7. The lowest BCUT2D eigenvalue weighted by atomic mass is 9.89. The Labute approximate surface area is 132 Å². The number of benzene rings is 1. The van der Waals surface area contributed by atoms with Gasteiger partial charge in [-0.05, 0) is 30.4 Å². The summed E-state index contributed by atoms with van der Waals surface area (Å²) in [5, 5.41) is 13.3. The summed E-state index contributed by atoms with van der Waals surface area (Å²) in [5.74, 6) is -0.310. The average Bonchev–Trinajstić information content (AvgIpc) is 3.03. The van der Waals surface area contributed by atoms with Gasteiger partial charge in [0.25, 0.3) is 0 Å². The quantitative estimate of drug-likeness (QED) is 0.878. The number of ether oxygens (including phenoxy) is 2. The maximum Gasteiger partial charge on any atom is 0.168 e. The summed E-state index contributed by atoms with van der Waals surface area (Å²) in [5.41, 5.74) is 2.49. The lowest BCUT2D eigenvalue weighted by Crippen LogP contribution is -2.43. The van der Waals surface area contributed by atoms with Crippen LogP contribution in [-0.2, 0) is 15.9 Å². The molecule has 1 saturated heterocycles. The van der Waals surface area contributed by atoms with E-state index in [2.05, 4.69) is 36.5 Å². The van der Waals surface area contributed by atoms with Crippen LogP contribution in [0.4, 0.5) is 0 Å². The van der Waals surface area contributed by atoms with Gasteiger partial charge in [0.15, 0.2) is 5.79 Å². The maximum absolute atomic E-state index is 9.73. The van der Waals surface area contributed by atoms with E-state index in [-0.39, 0.29) is 18.4 Å². The smallest absolute Gasteiger partial charge is 0.168 e. The van der Waals surface area contributed by atoms with Crippen molar-refractivity contribution in [3.05, 3.63) is 35.4 Å². The first kappa shape index (κ1) is 15.9. The summed E-state index contributed by atoms with van der Waals surface area (Å²) in [4.78, 5) is 0. The second-order valence-electron chi connectivity index (χ2n) is 6.38. The van der Waals surface area contributed by atoms with Crippen LogP contribution in [0.3, 0.4) is 0 Å². The molecule has 2 fully saturated rings. The van der Waals surface area contributed by atoms with Crippen molar-refractivity contribution < 1.29 is 14.6 Å². The first-order valence-corrected chi connectivity index (χ1v) is 8.48. The van der Waals surface area contributed by atoms with E-state index in [1.165, 1.54) is 5.56 Å². The molecule has 4 nitrogen and oxygen atoms in total. The minimum atomic E-state index is -0.310. The molecule has 122 valence electrons. The molecule has 2 aliphatic rings. The van der Waals surface area contributed by atoms with Crippen LogP contribution < -0.4 is 5.32 Å². The number of hydrogen-bond donors (Lipinski definition) is 2. The molecule has 1 saturated carbocycles. The highest BCUT2D eigenvalue weighted by Crippen LogP contribution is 2.36.